The topological polar surface area (TPSA) is 50.5 Å². The number of rotatable bonds is 3. The number of nitrogens with zero attached hydrogens (tertiary/aromatic N) is 3. The Bertz CT molecular complexity index is 246. The molecule has 0 amide bonds. The summed E-state index contributed by atoms with van der Waals surface area (Å²) in [6.45, 7) is 11.2. The molecule has 0 aromatic rings. The van der Waals surface area contributed by atoms with E-state index < -0.39 is 0 Å². The second kappa shape index (κ2) is 5.62. The lowest BCUT2D eigenvalue weighted by atomic mass is 9.89. The van der Waals surface area contributed by atoms with Crippen LogP contribution in [0.1, 0.15) is 20.8 Å². The van der Waals surface area contributed by atoms with Crippen molar-refractivity contribution in [1.29, 1.82) is 5.26 Å². The zero-order chi connectivity index (χ0) is 12.2. The number of piperazine rings is 1. The van der Waals surface area contributed by atoms with Crippen molar-refractivity contribution in [1.82, 2.24) is 9.80 Å². The first kappa shape index (κ1) is 13.4. The fourth-order valence-corrected chi connectivity index (χ4v) is 1.75. The molecule has 4 nitrogen and oxygen atoms in total. The molecule has 1 rings (SSSR count). The van der Waals surface area contributed by atoms with E-state index in [1.54, 1.807) is 0 Å². The van der Waals surface area contributed by atoms with Gasteiger partial charge in [0.2, 0.25) is 0 Å². The number of aliphatic hydroxyl groups excluding tert-OH is 1. The third kappa shape index (κ3) is 4.09. The van der Waals surface area contributed by atoms with Gasteiger partial charge >= 0.3 is 0 Å². The van der Waals surface area contributed by atoms with Gasteiger partial charge in [-0.2, -0.15) is 5.26 Å². The zero-order valence-electron chi connectivity index (χ0n) is 10.6. The molecular weight excluding hydrogens is 202 g/mol. The Morgan fingerprint density at radius 1 is 1.19 bits per heavy atom. The fraction of sp³-hybridized carbons (Fsp3) is 0.917. The van der Waals surface area contributed by atoms with E-state index in [-0.39, 0.29) is 11.5 Å². The molecule has 4 heteroatoms. The molecule has 16 heavy (non-hydrogen) atoms. The van der Waals surface area contributed by atoms with Gasteiger partial charge in [-0.25, -0.2) is 0 Å². The minimum Gasteiger partial charge on any atom is -0.391 e. The van der Waals surface area contributed by atoms with E-state index in [1.807, 2.05) is 0 Å². The third-order valence-corrected chi connectivity index (χ3v) is 3.19. The first-order valence-corrected chi connectivity index (χ1v) is 5.93. The summed E-state index contributed by atoms with van der Waals surface area (Å²) in [6, 6.07) is 2.18. The van der Waals surface area contributed by atoms with Gasteiger partial charge in [-0.1, -0.05) is 20.8 Å². The molecule has 0 radical (unpaired) electrons. The summed E-state index contributed by atoms with van der Waals surface area (Å²) in [7, 11) is 0. The molecule has 92 valence electrons. The maximum absolute atomic E-state index is 10.00. The summed E-state index contributed by atoms with van der Waals surface area (Å²) in [5.74, 6) is 0. The van der Waals surface area contributed by atoms with Crippen molar-refractivity contribution < 1.29 is 5.11 Å². The predicted molar refractivity (Wildman–Crippen MR) is 64.0 cm³/mol. The summed E-state index contributed by atoms with van der Waals surface area (Å²) in [4.78, 5) is 4.43. The number of hydrogen-bond donors (Lipinski definition) is 1. The number of nitriles is 1. The molecule has 1 aliphatic heterocycles. The lowest BCUT2D eigenvalue weighted by Crippen LogP contribution is -2.50. The molecule has 1 heterocycles. The molecule has 0 aromatic heterocycles. The van der Waals surface area contributed by atoms with Gasteiger partial charge in [0.15, 0.2) is 0 Å². The molecule has 1 saturated heterocycles. The average Bonchev–Trinajstić information content (AvgIpc) is 2.20. The lowest BCUT2D eigenvalue weighted by Gasteiger charge is -2.37. The van der Waals surface area contributed by atoms with Gasteiger partial charge in [0.1, 0.15) is 0 Å². The van der Waals surface area contributed by atoms with Crippen LogP contribution in [0.15, 0.2) is 0 Å². The van der Waals surface area contributed by atoms with Crippen LogP contribution in [0.2, 0.25) is 0 Å². The molecule has 0 aliphatic carbocycles. The third-order valence-electron chi connectivity index (χ3n) is 3.19. The van der Waals surface area contributed by atoms with Gasteiger partial charge in [-0.15, -0.1) is 0 Å². The predicted octanol–water partition coefficient (Wildman–Crippen LogP) is 0.535. The number of β-amino-alcohol motifs (C(OH)–C–C–N with tert-alkyl or cyclic N) is 1. The highest BCUT2D eigenvalue weighted by Crippen LogP contribution is 2.20. The van der Waals surface area contributed by atoms with E-state index in [1.165, 1.54) is 0 Å². The van der Waals surface area contributed by atoms with Crippen molar-refractivity contribution in [3.8, 4) is 6.07 Å². The van der Waals surface area contributed by atoms with Crippen LogP contribution in [0.25, 0.3) is 0 Å². The SMILES string of the molecule is CC(C)(C)[C@H](O)CN1CCN(CC#N)CC1. The van der Waals surface area contributed by atoms with E-state index in [9.17, 15) is 5.11 Å². The van der Waals surface area contributed by atoms with Gasteiger partial charge in [0.05, 0.1) is 18.7 Å². The highest BCUT2D eigenvalue weighted by Gasteiger charge is 2.26. The fourth-order valence-electron chi connectivity index (χ4n) is 1.75. The smallest absolute Gasteiger partial charge is 0.0866 e. The Morgan fingerprint density at radius 3 is 2.12 bits per heavy atom. The summed E-state index contributed by atoms with van der Waals surface area (Å²) in [6.07, 6.45) is -0.282. The van der Waals surface area contributed by atoms with E-state index in [0.717, 1.165) is 32.7 Å². The number of hydrogen-bond acceptors (Lipinski definition) is 4. The van der Waals surface area contributed by atoms with Crippen LogP contribution >= 0.6 is 0 Å². The van der Waals surface area contributed by atoms with E-state index in [2.05, 4.69) is 36.6 Å². The minimum atomic E-state index is -0.282. The highest BCUT2D eigenvalue weighted by molar-refractivity contribution is 4.83. The van der Waals surface area contributed by atoms with Crippen molar-refractivity contribution in [3.63, 3.8) is 0 Å². The Balaban J connectivity index is 2.30. The molecule has 1 fully saturated rings. The van der Waals surface area contributed by atoms with Crippen LogP contribution in [-0.2, 0) is 0 Å². The Hall–Kier alpha value is -0.630. The summed E-state index contributed by atoms with van der Waals surface area (Å²) in [5.41, 5.74) is -0.0518. The summed E-state index contributed by atoms with van der Waals surface area (Å²) < 4.78 is 0. The largest absolute Gasteiger partial charge is 0.391 e. The van der Waals surface area contributed by atoms with Crippen LogP contribution in [-0.4, -0.2) is 60.3 Å². The van der Waals surface area contributed by atoms with Crippen molar-refractivity contribution >= 4 is 0 Å². The van der Waals surface area contributed by atoms with E-state index in [0.29, 0.717) is 6.54 Å². The molecule has 0 spiro atoms. The maximum atomic E-state index is 10.00. The van der Waals surface area contributed by atoms with Gasteiger partial charge in [0, 0.05) is 32.7 Å². The Labute approximate surface area is 98.5 Å². The molecule has 0 unspecified atom stereocenters. The highest BCUT2D eigenvalue weighted by atomic mass is 16.3. The summed E-state index contributed by atoms with van der Waals surface area (Å²) >= 11 is 0. The second-order valence-electron chi connectivity index (χ2n) is 5.62. The molecule has 1 atom stereocenters. The molecule has 1 aliphatic rings. The van der Waals surface area contributed by atoms with Crippen LogP contribution in [0.5, 0.6) is 0 Å². The quantitative estimate of drug-likeness (QED) is 0.712. The van der Waals surface area contributed by atoms with Gasteiger partial charge in [0.25, 0.3) is 0 Å². The van der Waals surface area contributed by atoms with Crippen LogP contribution in [0.3, 0.4) is 0 Å². The van der Waals surface area contributed by atoms with Crippen LogP contribution in [0.4, 0.5) is 0 Å². The second-order valence-corrected chi connectivity index (χ2v) is 5.62. The maximum Gasteiger partial charge on any atom is 0.0866 e. The van der Waals surface area contributed by atoms with Crippen molar-refractivity contribution in [2.45, 2.75) is 26.9 Å². The van der Waals surface area contributed by atoms with E-state index >= 15 is 0 Å². The first-order chi connectivity index (χ1) is 7.43. The zero-order valence-corrected chi connectivity index (χ0v) is 10.6. The number of aliphatic hydroxyl groups is 1. The molecule has 1 N–H and O–H groups in total. The first-order valence-electron chi connectivity index (χ1n) is 5.93. The normalized spacial score (nSPS) is 21.7. The van der Waals surface area contributed by atoms with Gasteiger partial charge in [-0.3, -0.25) is 9.80 Å². The monoisotopic (exact) mass is 225 g/mol. The van der Waals surface area contributed by atoms with E-state index in [4.69, 9.17) is 5.26 Å². The van der Waals surface area contributed by atoms with Crippen LogP contribution in [0, 0.1) is 16.7 Å². The van der Waals surface area contributed by atoms with Crippen molar-refractivity contribution in [2.75, 3.05) is 39.3 Å². The molecular formula is C12H23N3O. The standard InChI is InChI=1S/C12H23N3O/c1-12(2,3)11(16)10-15-8-6-14(5-4-13)7-9-15/h11,16H,5-10H2,1-3H3/t11-/m1/s1. The minimum absolute atomic E-state index is 0.0518. The lowest BCUT2D eigenvalue weighted by molar-refractivity contribution is 0.0149. The Morgan fingerprint density at radius 2 is 1.69 bits per heavy atom. The summed E-state index contributed by atoms with van der Waals surface area (Å²) in [5, 5.41) is 18.6. The Kier molecular flexibility index (Phi) is 4.72. The van der Waals surface area contributed by atoms with Crippen molar-refractivity contribution in [2.24, 2.45) is 5.41 Å². The van der Waals surface area contributed by atoms with Gasteiger partial charge < -0.3 is 5.11 Å². The molecule has 0 bridgehead atoms. The molecule has 0 saturated carbocycles. The van der Waals surface area contributed by atoms with Crippen LogP contribution < -0.4 is 0 Å². The molecule has 0 aromatic carbocycles. The van der Waals surface area contributed by atoms with Gasteiger partial charge in [-0.05, 0) is 5.41 Å². The van der Waals surface area contributed by atoms with Crippen molar-refractivity contribution in [3.05, 3.63) is 0 Å². The average molecular weight is 225 g/mol.